The molecule has 1 aromatic carbocycles. The van der Waals surface area contributed by atoms with Crippen LogP contribution in [0.3, 0.4) is 0 Å². The van der Waals surface area contributed by atoms with E-state index < -0.39 is 0 Å². The smallest absolute Gasteiger partial charge is 0.169 e. The van der Waals surface area contributed by atoms with Crippen LogP contribution in [0.25, 0.3) is 0 Å². The van der Waals surface area contributed by atoms with Gasteiger partial charge in [-0.05, 0) is 49.6 Å². The topological polar surface area (TPSA) is 21.3 Å². The first-order valence-corrected chi connectivity index (χ1v) is 8.33. The van der Waals surface area contributed by atoms with Crippen molar-refractivity contribution in [1.29, 1.82) is 0 Å². The van der Waals surface area contributed by atoms with Crippen molar-refractivity contribution in [2.75, 3.05) is 13.7 Å². The van der Waals surface area contributed by atoms with Gasteiger partial charge >= 0.3 is 0 Å². The van der Waals surface area contributed by atoms with Gasteiger partial charge in [0.15, 0.2) is 11.6 Å². The third-order valence-electron chi connectivity index (χ3n) is 5.27. The summed E-state index contributed by atoms with van der Waals surface area (Å²) < 4.78 is 19.8. The van der Waals surface area contributed by atoms with Crippen LogP contribution in [0.5, 0.6) is 5.75 Å². The molecule has 0 spiro atoms. The molecule has 2 aliphatic rings. The quantitative estimate of drug-likeness (QED) is 0.843. The molecule has 0 saturated heterocycles. The van der Waals surface area contributed by atoms with Crippen LogP contribution in [0, 0.1) is 23.6 Å². The molecular formula is C18H26FNO. The molecule has 2 nitrogen and oxygen atoms in total. The lowest BCUT2D eigenvalue weighted by Gasteiger charge is -2.21. The number of nitrogens with one attached hydrogen (secondary N) is 1. The average molecular weight is 291 g/mol. The van der Waals surface area contributed by atoms with E-state index in [4.69, 9.17) is 4.74 Å². The summed E-state index contributed by atoms with van der Waals surface area (Å²) in [6.45, 7) is 3.10. The van der Waals surface area contributed by atoms with Crippen molar-refractivity contribution in [3.05, 3.63) is 29.6 Å². The highest BCUT2D eigenvalue weighted by atomic mass is 19.1. The predicted octanol–water partition coefficient (Wildman–Crippen LogP) is 4.31. The summed E-state index contributed by atoms with van der Waals surface area (Å²) in [6.07, 6.45) is 6.41. The molecule has 0 radical (unpaired) electrons. The maximum atomic E-state index is 14.7. The van der Waals surface area contributed by atoms with Crippen molar-refractivity contribution < 1.29 is 9.13 Å². The molecular weight excluding hydrogens is 265 g/mol. The van der Waals surface area contributed by atoms with Crippen molar-refractivity contribution in [3.63, 3.8) is 0 Å². The van der Waals surface area contributed by atoms with Crippen LogP contribution < -0.4 is 10.1 Å². The summed E-state index contributed by atoms with van der Waals surface area (Å²) in [5.41, 5.74) is 0.794. The Morgan fingerprint density at radius 2 is 2.00 bits per heavy atom. The van der Waals surface area contributed by atoms with Gasteiger partial charge in [-0.1, -0.05) is 31.9 Å². The molecule has 2 saturated carbocycles. The van der Waals surface area contributed by atoms with E-state index in [1.807, 2.05) is 12.1 Å². The maximum Gasteiger partial charge on any atom is 0.169 e. The molecule has 3 heteroatoms. The van der Waals surface area contributed by atoms with Crippen molar-refractivity contribution >= 4 is 0 Å². The number of fused-ring (bicyclic) bond motifs is 1. The number of benzene rings is 1. The SMILES string of the molecule is CCCNC(c1cccc(OC)c1F)C1C2CCCCC21. The van der Waals surface area contributed by atoms with Gasteiger partial charge in [0.2, 0.25) is 0 Å². The number of hydrogen-bond acceptors (Lipinski definition) is 2. The Kier molecular flexibility index (Phi) is 4.48. The summed E-state index contributed by atoms with van der Waals surface area (Å²) in [5.74, 6) is 2.40. The van der Waals surface area contributed by atoms with E-state index in [0.717, 1.165) is 30.4 Å². The average Bonchev–Trinajstić information content (AvgIpc) is 3.23. The second-order valence-electron chi connectivity index (χ2n) is 6.48. The Morgan fingerprint density at radius 3 is 2.62 bits per heavy atom. The summed E-state index contributed by atoms with van der Waals surface area (Å²) in [6, 6.07) is 5.68. The highest BCUT2D eigenvalue weighted by Gasteiger charge is 2.54. The normalized spacial score (nSPS) is 28.8. The minimum atomic E-state index is -0.183. The first kappa shape index (κ1) is 14.8. The third kappa shape index (κ3) is 2.80. The third-order valence-corrected chi connectivity index (χ3v) is 5.27. The van der Waals surface area contributed by atoms with E-state index >= 15 is 0 Å². The molecule has 1 N–H and O–H groups in total. The van der Waals surface area contributed by atoms with Crippen LogP contribution in [0.2, 0.25) is 0 Å². The Bertz CT molecular complexity index is 478. The van der Waals surface area contributed by atoms with Crippen molar-refractivity contribution in [3.8, 4) is 5.75 Å². The summed E-state index contributed by atoms with van der Waals surface area (Å²) in [5, 5.41) is 3.60. The lowest BCUT2D eigenvalue weighted by atomic mass is 9.98. The molecule has 116 valence electrons. The van der Waals surface area contributed by atoms with E-state index in [2.05, 4.69) is 12.2 Å². The van der Waals surface area contributed by atoms with Crippen molar-refractivity contribution in [2.45, 2.75) is 45.1 Å². The van der Waals surface area contributed by atoms with Crippen LogP contribution >= 0.6 is 0 Å². The van der Waals surface area contributed by atoms with E-state index in [9.17, 15) is 4.39 Å². The van der Waals surface area contributed by atoms with Crippen LogP contribution in [0.1, 0.15) is 50.6 Å². The van der Waals surface area contributed by atoms with Gasteiger partial charge in [-0.25, -0.2) is 4.39 Å². The molecule has 0 heterocycles. The Morgan fingerprint density at radius 1 is 1.29 bits per heavy atom. The van der Waals surface area contributed by atoms with Crippen molar-refractivity contribution in [2.24, 2.45) is 17.8 Å². The summed E-state index contributed by atoms with van der Waals surface area (Å²) >= 11 is 0. The zero-order valence-electron chi connectivity index (χ0n) is 13.1. The molecule has 0 bridgehead atoms. The molecule has 2 aliphatic carbocycles. The highest BCUT2D eigenvalue weighted by molar-refractivity contribution is 5.34. The first-order chi connectivity index (χ1) is 10.3. The van der Waals surface area contributed by atoms with E-state index in [0.29, 0.717) is 11.7 Å². The number of ether oxygens (including phenoxy) is 1. The number of hydrogen-bond donors (Lipinski definition) is 1. The van der Waals surface area contributed by atoms with Crippen LogP contribution in [-0.4, -0.2) is 13.7 Å². The van der Waals surface area contributed by atoms with E-state index in [1.165, 1.54) is 32.8 Å². The Balaban J connectivity index is 1.86. The zero-order valence-corrected chi connectivity index (χ0v) is 13.1. The second kappa shape index (κ2) is 6.35. The van der Waals surface area contributed by atoms with Gasteiger partial charge in [0, 0.05) is 11.6 Å². The molecule has 3 unspecified atom stereocenters. The number of methoxy groups -OCH3 is 1. The van der Waals surface area contributed by atoms with Crippen LogP contribution in [0.15, 0.2) is 18.2 Å². The fourth-order valence-electron chi connectivity index (χ4n) is 4.22. The lowest BCUT2D eigenvalue weighted by Crippen LogP contribution is -2.26. The van der Waals surface area contributed by atoms with E-state index in [-0.39, 0.29) is 11.9 Å². The van der Waals surface area contributed by atoms with Gasteiger partial charge < -0.3 is 10.1 Å². The predicted molar refractivity (Wildman–Crippen MR) is 82.9 cm³/mol. The van der Waals surface area contributed by atoms with Gasteiger partial charge in [0.05, 0.1) is 7.11 Å². The zero-order chi connectivity index (χ0) is 14.8. The van der Waals surface area contributed by atoms with Crippen LogP contribution in [0.4, 0.5) is 4.39 Å². The fraction of sp³-hybridized carbons (Fsp3) is 0.667. The molecule has 1 aromatic rings. The molecule has 0 aromatic heterocycles. The maximum absolute atomic E-state index is 14.7. The summed E-state index contributed by atoms with van der Waals surface area (Å²) in [7, 11) is 1.54. The fourth-order valence-corrected chi connectivity index (χ4v) is 4.22. The first-order valence-electron chi connectivity index (χ1n) is 8.33. The molecule has 2 fully saturated rings. The minimum absolute atomic E-state index is 0.146. The Labute approximate surface area is 127 Å². The largest absolute Gasteiger partial charge is 0.494 e. The molecule has 0 amide bonds. The second-order valence-corrected chi connectivity index (χ2v) is 6.48. The highest BCUT2D eigenvalue weighted by Crippen LogP contribution is 2.60. The van der Waals surface area contributed by atoms with Crippen LogP contribution in [-0.2, 0) is 0 Å². The van der Waals surface area contributed by atoms with Gasteiger partial charge in [-0.3, -0.25) is 0 Å². The standard InChI is InChI=1S/C18H26FNO/c1-3-11-20-18(16-12-7-4-5-8-13(12)16)14-9-6-10-15(21-2)17(14)19/h6,9-10,12-13,16,18,20H,3-5,7-8,11H2,1-2H3. The van der Waals surface area contributed by atoms with Gasteiger partial charge in [0.25, 0.3) is 0 Å². The van der Waals surface area contributed by atoms with Gasteiger partial charge in [-0.15, -0.1) is 0 Å². The summed E-state index contributed by atoms with van der Waals surface area (Å²) in [4.78, 5) is 0. The van der Waals surface area contributed by atoms with Crippen molar-refractivity contribution in [1.82, 2.24) is 5.32 Å². The molecule has 3 rings (SSSR count). The van der Waals surface area contributed by atoms with Gasteiger partial charge in [0.1, 0.15) is 0 Å². The minimum Gasteiger partial charge on any atom is -0.494 e. The lowest BCUT2D eigenvalue weighted by molar-refractivity contribution is 0.371. The van der Waals surface area contributed by atoms with Gasteiger partial charge in [-0.2, -0.15) is 0 Å². The number of rotatable bonds is 6. The monoisotopic (exact) mass is 291 g/mol. The molecule has 21 heavy (non-hydrogen) atoms. The molecule has 3 atom stereocenters. The number of halogens is 1. The van der Waals surface area contributed by atoms with E-state index in [1.54, 1.807) is 6.07 Å². The Hall–Kier alpha value is -1.09. The molecule has 0 aliphatic heterocycles.